The van der Waals surface area contributed by atoms with E-state index >= 15 is 0 Å². The predicted octanol–water partition coefficient (Wildman–Crippen LogP) is 2.81. The van der Waals surface area contributed by atoms with Crippen LogP contribution in [-0.2, 0) is 14.3 Å². The van der Waals surface area contributed by atoms with E-state index in [0.717, 1.165) is 42.9 Å². The van der Waals surface area contributed by atoms with Crippen molar-refractivity contribution in [2.75, 3.05) is 18.5 Å². The van der Waals surface area contributed by atoms with Crippen molar-refractivity contribution in [1.82, 2.24) is 15.3 Å². The van der Waals surface area contributed by atoms with Gasteiger partial charge in [0.05, 0.1) is 29.5 Å². The van der Waals surface area contributed by atoms with E-state index in [2.05, 4.69) is 20.6 Å². The van der Waals surface area contributed by atoms with Gasteiger partial charge in [-0.15, -0.1) is 0 Å². The van der Waals surface area contributed by atoms with E-state index in [-0.39, 0.29) is 12.3 Å². The molecule has 1 aromatic carbocycles. The lowest BCUT2D eigenvalue weighted by atomic mass is 9.95. The van der Waals surface area contributed by atoms with E-state index in [0.29, 0.717) is 28.8 Å². The second-order valence-corrected chi connectivity index (χ2v) is 7.56. The van der Waals surface area contributed by atoms with Crippen LogP contribution in [0.1, 0.15) is 24.0 Å². The zero-order chi connectivity index (χ0) is 20.8. The lowest BCUT2D eigenvalue weighted by Gasteiger charge is -2.39. The molecule has 9 heteroatoms. The van der Waals surface area contributed by atoms with E-state index in [1.54, 1.807) is 0 Å². The molecule has 29 heavy (non-hydrogen) atoms. The van der Waals surface area contributed by atoms with E-state index in [1.807, 2.05) is 32.0 Å². The first-order valence-corrected chi connectivity index (χ1v) is 9.72. The van der Waals surface area contributed by atoms with Crippen LogP contribution in [0.4, 0.5) is 11.5 Å². The van der Waals surface area contributed by atoms with Gasteiger partial charge in [0.25, 0.3) is 0 Å². The Morgan fingerprint density at radius 2 is 1.90 bits per heavy atom. The largest absolute Gasteiger partial charge is 0.474 e. The van der Waals surface area contributed by atoms with E-state index in [9.17, 15) is 0 Å². The van der Waals surface area contributed by atoms with Gasteiger partial charge in [-0.05, 0) is 31.5 Å². The SMILES string of the molecule is Cc1ccc(Nc2ncnc(OC3CC4COCC(C3)N4)c2C)c(Cl)c1.O=C=O. The van der Waals surface area contributed by atoms with Crippen LogP contribution in [0.2, 0.25) is 5.02 Å². The number of piperidine rings is 1. The summed E-state index contributed by atoms with van der Waals surface area (Å²) < 4.78 is 11.8. The summed E-state index contributed by atoms with van der Waals surface area (Å²) >= 11 is 6.33. The number of aromatic nitrogens is 2. The molecular weight excluding hydrogens is 396 g/mol. The Morgan fingerprint density at radius 1 is 1.21 bits per heavy atom. The summed E-state index contributed by atoms with van der Waals surface area (Å²) in [6.45, 7) is 5.47. The van der Waals surface area contributed by atoms with Crippen molar-refractivity contribution in [2.45, 2.75) is 44.9 Å². The van der Waals surface area contributed by atoms with Crippen LogP contribution < -0.4 is 15.4 Å². The van der Waals surface area contributed by atoms with Crippen molar-refractivity contribution in [2.24, 2.45) is 0 Å². The Hall–Kier alpha value is -2.51. The van der Waals surface area contributed by atoms with Crippen LogP contribution in [0, 0.1) is 13.8 Å². The first-order chi connectivity index (χ1) is 14.0. The first kappa shape index (κ1) is 21.2. The molecule has 2 unspecified atom stereocenters. The normalized spacial score (nSPS) is 22.7. The van der Waals surface area contributed by atoms with Gasteiger partial charge in [0.1, 0.15) is 18.2 Å². The van der Waals surface area contributed by atoms with Gasteiger partial charge in [-0.1, -0.05) is 17.7 Å². The molecule has 0 spiro atoms. The summed E-state index contributed by atoms with van der Waals surface area (Å²) in [5.41, 5.74) is 2.81. The molecule has 2 N–H and O–H groups in total. The first-order valence-electron chi connectivity index (χ1n) is 9.34. The van der Waals surface area contributed by atoms with Crippen LogP contribution in [-0.4, -0.2) is 47.5 Å². The molecule has 4 rings (SSSR count). The van der Waals surface area contributed by atoms with Crippen molar-refractivity contribution < 1.29 is 19.1 Å². The second-order valence-electron chi connectivity index (χ2n) is 7.15. The molecule has 0 saturated carbocycles. The molecule has 2 aliphatic rings. The van der Waals surface area contributed by atoms with Crippen LogP contribution in [0.15, 0.2) is 24.5 Å². The molecule has 2 atom stereocenters. The van der Waals surface area contributed by atoms with Crippen LogP contribution >= 0.6 is 11.6 Å². The predicted molar refractivity (Wildman–Crippen MR) is 106 cm³/mol. The summed E-state index contributed by atoms with van der Waals surface area (Å²) in [5.74, 6) is 1.33. The van der Waals surface area contributed by atoms with E-state index in [1.165, 1.54) is 6.33 Å². The molecule has 0 amide bonds. The van der Waals surface area contributed by atoms with Gasteiger partial charge in [-0.3, -0.25) is 0 Å². The topological polar surface area (TPSA) is 102 Å². The summed E-state index contributed by atoms with van der Waals surface area (Å²) in [6.07, 6.45) is 3.76. The number of carbonyl (C=O) groups excluding carboxylic acids is 2. The number of nitrogens with one attached hydrogen (secondary N) is 2. The fourth-order valence-corrected chi connectivity index (χ4v) is 3.85. The Balaban J connectivity index is 0.000000755. The number of aryl methyl sites for hydroxylation is 1. The summed E-state index contributed by atoms with van der Waals surface area (Å²) in [5, 5.41) is 7.53. The van der Waals surface area contributed by atoms with Gasteiger partial charge in [0.15, 0.2) is 0 Å². The third-order valence-corrected chi connectivity index (χ3v) is 5.21. The fourth-order valence-electron chi connectivity index (χ4n) is 3.57. The summed E-state index contributed by atoms with van der Waals surface area (Å²) in [6, 6.07) is 6.61. The average Bonchev–Trinajstić information content (AvgIpc) is 2.67. The van der Waals surface area contributed by atoms with Crippen LogP contribution in [0.5, 0.6) is 5.88 Å². The maximum Gasteiger partial charge on any atom is 0.373 e. The van der Waals surface area contributed by atoms with Crippen LogP contribution in [0.3, 0.4) is 0 Å². The Kier molecular flexibility index (Phi) is 7.17. The highest BCUT2D eigenvalue weighted by Crippen LogP contribution is 2.30. The molecule has 3 heterocycles. The minimum atomic E-state index is 0.138. The van der Waals surface area contributed by atoms with Crippen molar-refractivity contribution in [3.63, 3.8) is 0 Å². The fraction of sp³-hybridized carbons (Fsp3) is 0.450. The van der Waals surface area contributed by atoms with Crippen LogP contribution in [0.25, 0.3) is 0 Å². The highest BCUT2D eigenvalue weighted by molar-refractivity contribution is 6.33. The minimum absolute atomic E-state index is 0.138. The highest BCUT2D eigenvalue weighted by atomic mass is 35.5. The molecule has 0 aliphatic carbocycles. The van der Waals surface area contributed by atoms with Crippen molar-refractivity contribution in [3.05, 3.63) is 40.7 Å². The Morgan fingerprint density at radius 3 is 2.55 bits per heavy atom. The molecule has 8 nitrogen and oxygen atoms in total. The maximum absolute atomic E-state index is 8.12. The standard InChI is InChI=1S/C19H23ClN4O2.CO2/c1-11-3-4-17(16(20)5-11)24-18-12(2)19(22-10-21-18)26-15-6-13-8-25-9-14(7-15)23-13;2-1-3/h3-5,10,13-15,23H,6-9H2,1-2H3,(H,21,22,24);. The number of morpholine rings is 1. The zero-order valence-corrected chi connectivity index (χ0v) is 17.0. The third-order valence-electron chi connectivity index (χ3n) is 4.90. The smallest absolute Gasteiger partial charge is 0.373 e. The van der Waals surface area contributed by atoms with Gasteiger partial charge in [-0.2, -0.15) is 9.59 Å². The van der Waals surface area contributed by atoms with Crippen molar-refractivity contribution in [1.29, 1.82) is 0 Å². The molecule has 154 valence electrons. The molecule has 2 saturated heterocycles. The van der Waals surface area contributed by atoms with Crippen molar-refractivity contribution in [3.8, 4) is 5.88 Å². The highest BCUT2D eigenvalue weighted by Gasteiger charge is 2.33. The Labute approximate surface area is 174 Å². The third kappa shape index (κ3) is 5.52. The Bertz CT molecular complexity index is 877. The molecule has 2 aromatic rings. The van der Waals surface area contributed by atoms with Gasteiger partial charge < -0.3 is 20.1 Å². The van der Waals surface area contributed by atoms with E-state index < -0.39 is 0 Å². The van der Waals surface area contributed by atoms with Gasteiger partial charge in [0, 0.05) is 24.9 Å². The molecule has 2 fully saturated rings. The number of nitrogens with zero attached hydrogens (tertiary/aromatic N) is 2. The quantitative estimate of drug-likeness (QED) is 0.781. The number of fused-ring (bicyclic) bond motifs is 2. The van der Waals surface area contributed by atoms with Gasteiger partial charge in [0.2, 0.25) is 5.88 Å². The number of benzene rings is 1. The number of rotatable bonds is 4. The van der Waals surface area contributed by atoms with E-state index in [4.69, 9.17) is 30.7 Å². The monoisotopic (exact) mass is 418 g/mol. The van der Waals surface area contributed by atoms with Gasteiger partial charge in [-0.25, -0.2) is 9.97 Å². The minimum Gasteiger partial charge on any atom is -0.474 e. The lowest BCUT2D eigenvalue weighted by molar-refractivity contribution is -0.191. The molecule has 2 bridgehead atoms. The molecule has 2 aliphatic heterocycles. The van der Waals surface area contributed by atoms with Crippen molar-refractivity contribution >= 4 is 29.3 Å². The number of anilines is 2. The molecule has 0 radical (unpaired) electrons. The van der Waals surface area contributed by atoms with Gasteiger partial charge >= 0.3 is 6.15 Å². The number of hydrogen-bond donors (Lipinski definition) is 2. The molecule has 1 aromatic heterocycles. The average molecular weight is 419 g/mol. The second kappa shape index (κ2) is 9.80. The zero-order valence-electron chi connectivity index (χ0n) is 16.3. The maximum atomic E-state index is 8.12. The lowest BCUT2D eigenvalue weighted by Crippen LogP contribution is -2.56. The number of hydrogen-bond acceptors (Lipinski definition) is 8. The number of ether oxygens (including phenoxy) is 2. The molecular formula is C20H23ClN4O4. The summed E-state index contributed by atoms with van der Waals surface area (Å²) in [7, 11) is 0. The summed E-state index contributed by atoms with van der Waals surface area (Å²) in [4.78, 5) is 25.0. The number of halogens is 1.